The Hall–Kier alpha value is -2.40. The van der Waals surface area contributed by atoms with E-state index < -0.39 is 15.6 Å². The summed E-state index contributed by atoms with van der Waals surface area (Å²) in [6.07, 6.45) is 1.46. The number of rotatable bonds is 6. The van der Waals surface area contributed by atoms with Gasteiger partial charge in [0.2, 0.25) is 5.78 Å². The lowest BCUT2D eigenvalue weighted by molar-refractivity contribution is 0.104. The van der Waals surface area contributed by atoms with Gasteiger partial charge in [0.15, 0.2) is 9.84 Å². The average Bonchev–Trinajstić information content (AvgIpc) is 2.70. The van der Waals surface area contributed by atoms with Crippen LogP contribution in [-0.2, 0) is 15.6 Å². The van der Waals surface area contributed by atoms with Crippen molar-refractivity contribution in [1.82, 2.24) is 0 Å². The van der Waals surface area contributed by atoms with Crippen molar-refractivity contribution in [3.63, 3.8) is 0 Å². The molecule has 0 aliphatic rings. The third-order valence-electron chi connectivity index (χ3n) is 4.66. The summed E-state index contributed by atoms with van der Waals surface area (Å²) >= 11 is 11.8. The molecule has 0 bridgehead atoms. The van der Waals surface area contributed by atoms with E-state index in [4.69, 9.17) is 23.2 Å². The molecule has 3 rings (SSSR count). The van der Waals surface area contributed by atoms with Crippen LogP contribution < -0.4 is 0 Å². The minimum absolute atomic E-state index is 0.256. The van der Waals surface area contributed by atoms with Crippen molar-refractivity contribution in [3.05, 3.63) is 109 Å². The number of Topliss-reactive ketones (excluding diaryl/α,β-unsaturated/α-hetero) is 1. The molecule has 6 heteroatoms. The van der Waals surface area contributed by atoms with Gasteiger partial charge in [-0.15, -0.1) is 0 Å². The largest absolute Gasteiger partial charge is 0.288 e. The molecule has 0 spiro atoms. The van der Waals surface area contributed by atoms with Gasteiger partial charge in [0, 0.05) is 15.6 Å². The van der Waals surface area contributed by atoms with E-state index in [1.54, 1.807) is 36.4 Å². The van der Waals surface area contributed by atoms with E-state index in [9.17, 15) is 13.2 Å². The summed E-state index contributed by atoms with van der Waals surface area (Å²) in [5.74, 6) is -0.873. The molecule has 0 unspecified atom stereocenters. The van der Waals surface area contributed by atoms with Crippen molar-refractivity contribution in [1.29, 1.82) is 0 Å². The summed E-state index contributed by atoms with van der Waals surface area (Å²) in [5.41, 5.74) is 3.35. The molecule has 0 amide bonds. The zero-order valence-corrected chi connectivity index (χ0v) is 18.9. The van der Waals surface area contributed by atoms with E-state index in [2.05, 4.69) is 0 Å². The number of carbonyl (C=O) groups is 1. The maximum atomic E-state index is 13.3. The summed E-state index contributed by atoms with van der Waals surface area (Å²) < 4.78 is 26.6. The number of hydrogen-bond donors (Lipinski definition) is 0. The molecule has 0 N–H and O–H groups in total. The van der Waals surface area contributed by atoms with Gasteiger partial charge in [-0.05, 0) is 73.0 Å². The van der Waals surface area contributed by atoms with Crippen molar-refractivity contribution < 1.29 is 13.2 Å². The number of benzene rings is 3. The van der Waals surface area contributed by atoms with Gasteiger partial charge in [-0.3, -0.25) is 4.79 Å². The quantitative estimate of drug-likeness (QED) is 0.315. The number of aryl methyl sites for hydroxylation is 2. The van der Waals surface area contributed by atoms with Crippen LogP contribution in [-0.4, -0.2) is 14.2 Å². The molecule has 0 aromatic heterocycles. The van der Waals surface area contributed by atoms with Crippen molar-refractivity contribution in [2.75, 3.05) is 0 Å². The summed E-state index contributed by atoms with van der Waals surface area (Å²) in [6, 6.07) is 18.4. The van der Waals surface area contributed by atoms with E-state index in [1.807, 2.05) is 32.0 Å². The van der Waals surface area contributed by atoms with Gasteiger partial charge in [0.25, 0.3) is 0 Å². The Kier molecular flexibility index (Phi) is 6.81. The fourth-order valence-corrected chi connectivity index (χ4v) is 4.72. The summed E-state index contributed by atoms with van der Waals surface area (Å²) in [7, 11) is -3.94. The number of carbonyl (C=O) groups excluding carboxylic acids is 1. The highest BCUT2D eigenvalue weighted by molar-refractivity contribution is 7.95. The Bertz CT molecular complexity index is 1210. The first-order valence-electron chi connectivity index (χ1n) is 9.22. The SMILES string of the molecule is Cc1ccc(C)c(/C=C(\C(=O)c2ccc(Cl)cc2)S(=O)(=O)Cc2ccc(Cl)cc2)c1. The van der Waals surface area contributed by atoms with E-state index >= 15 is 0 Å². The monoisotopic (exact) mass is 458 g/mol. The number of halogens is 2. The normalized spacial score (nSPS) is 12.1. The van der Waals surface area contributed by atoms with Gasteiger partial charge >= 0.3 is 0 Å². The first-order valence-corrected chi connectivity index (χ1v) is 11.6. The smallest absolute Gasteiger partial charge is 0.204 e. The maximum Gasteiger partial charge on any atom is 0.204 e. The second-order valence-electron chi connectivity index (χ2n) is 7.09. The molecule has 0 atom stereocenters. The number of ketones is 1. The van der Waals surface area contributed by atoms with Crippen LogP contribution in [0.15, 0.2) is 71.6 Å². The first-order chi connectivity index (χ1) is 14.2. The molecule has 154 valence electrons. The van der Waals surface area contributed by atoms with Crippen LogP contribution in [0.5, 0.6) is 0 Å². The Morgan fingerprint density at radius 2 is 1.43 bits per heavy atom. The molecule has 0 heterocycles. The number of allylic oxidation sites excluding steroid dienone is 1. The number of sulfone groups is 1. The van der Waals surface area contributed by atoms with Crippen molar-refractivity contribution in [2.24, 2.45) is 0 Å². The fourth-order valence-electron chi connectivity index (χ4n) is 2.97. The van der Waals surface area contributed by atoms with Crippen LogP contribution in [0.3, 0.4) is 0 Å². The Morgan fingerprint density at radius 3 is 2.03 bits per heavy atom. The van der Waals surface area contributed by atoms with Crippen molar-refractivity contribution in [3.8, 4) is 0 Å². The highest BCUT2D eigenvalue weighted by Crippen LogP contribution is 2.25. The van der Waals surface area contributed by atoms with Gasteiger partial charge in [-0.25, -0.2) is 8.42 Å². The second kappa shape index (κ2) is 9.17. The Labute approximate surface area is 186 Å². The molecule has 0 aliphatic carbocycles. The zero-order chi connectivity index (χ0) is 21.9. The van der Waals surface area contributed by atoms with Crippen LogP contribution in [0.4, 0.5) is 0 Å². The van der Waals surface area contributed by atoms with Gasteiger partial charge < -0.3 is 0 Å². The van der Waals surface area contributed by atoms with E-state index in [1.165, 1.54) is 18.2 Å². The summed E-state index contributed by atoms with van der Waals surface area (Å²) in [5, 5.41) is 0.982. The standard InChI is InChI=1S/C24H20Cl2O3S/c1-16-3-4-17(2)20(13-16)14-23(24(27)19-7-11-22(26)12-8-19)30(28,29)15-18-5-9-21(25)10-6-18/h3-14H,15H2,1-2H3/b23-14+. The van der Waals surface area contributed by atoms with Crippen LogP contribution >= 0.6 is 23.2 Å². The molecule has 0 saturated heterocycles. The minimum atomic E-state index is -3.94. The van der Waals surface area contributed by atoms with Crippen LogP contribution in [0, 0.1) is 13.8 Å². The molecule has 0 saturated carbocycles. The molecular formula is C24H20Cl2O3S. The van der Waals surface area contributed by atoms with E-state index in [0.29, 0.717) is 21.2 Å². The van der Waals surface area contributed by atoms with Crippen molar-refractivity contribution >= 4 is 44.9 Å². The molecule has 3 nitrogen and oxygen atoms in total. The van der Waals surface area contributed by atoms with Crippen molar-refractivity contribution in [2.45, 2.75) is 19.6 Å². The predicted octanol–water partition coefficient (Wildman–Crippen LogP) is 6.45. The average molecular weight is 459 g/mol. The topological polar surface area (TPSA) is 51.2 Å². The number of hydrogen-bond acceptors (Lipinski definition) is 3. The lowest BCUT2D eigenvalue weighted by atomic mass is 10.0. The Morgan fingerprint density at radius 1 is 0.867 bits per heavy atom. The van der Waals surface area contributed by atoms with E-state index in [-0.39, 0.29) is 16.2 Å². The Balaban J connectivity index is 2.11. The molecule has 0 radical (unpaired) electrons. The zero-order valence-electron chi connectivity index (χ0n) is 16.5. The molecule has 3 aromatic rings. The van der Waals surface area contributed by atoms with Gasteiger partial charge in [-0.1, -0.05) is 59.1 Å². The molecule has 0 aliphatic heterocycles. The summed E-state index contributed by atoms with van der Waals surface area (Å²) in [6.45, 7) is 3.79. The highest BCUT2D eigenvalue weighted by atomic mass is 35.5. The minimum Gasteiger partial charge on any atom is -0.288 e. The molecule has 0 fully saturated rings. The van der Waals surface area contributed by atoms with E-state index in [0.717, 1.165) is 11.1 Å². The third-order valence-corrected chi connectivity index (χ3v) is 6.85. The molecular weight excluding hydrogens is 439 g/mol. The maximum absolute atomic E-state index is 13.3. The van der Waals surface area contributed by atoms with Gasteiger partial charge in [0.1, 0.15) is 4.91 Å². The summed E-state index contributed by atoms with van der Waals surface area (Å²) in [4.78, 5) is 13.0. The van der Waals surface area contributed by atoms with Crippen LogP contribution in [0.1, 0.15) is 32.6 Å². The first kappa shape index (κ1) is 22.3. The van der Waals surface area contributed by atoms with Gasteiger partial charge in [0.05, 0.1) is 5.75 Å². The van der Waals surface area contributed by atoms with Gasteiger partial charge in [-0.2, -0.15) is 0 Å². The fraction of sp³-hybridized carbons (Fsp3) is 0.125. The van der Waals surface area contributed by atoms with Crippen LogP contribution in [0.2, 0.25) is 10.0 Å². The predicted molar refractivity (Wildman–Crippen MR) is 124 cm³/mol. The molecule has 3 aromatic carbocycles. The lowest BCUT2D eigenvalue weighted by Crippen LogP contribution is -2.16. The highest BCUT2D eigenvalue weighted by Gasteiger charge is 2.27. The molecule has 30 heavy (non-hydrogen) atoms. The lowest BCUT2D eigenvalue weighted by Gasteiger charge is -2.11. The van der Waals surface area contributed by atoms with Crippen LogP contribution in [0.25, 0.3) is 6.08 Å². The second-order valence-corrected chi connectivity index (χ2v) is 9.92. The third kappa shape index (κ3) is 5.39.